The van der Waals surface area contributed by atoms with Gasteiger partial charge in [-0.1, -0.05) is 5.10 Å². The molecule has 0 unspecified atom stereocenters. The van der Waals surface area contributed by atoms with Crippen LogP contribution in [0.2, 0.25) is 0 Å². The monoisotopic (exact) mass is 260 g/mol. The van der Waals surface area contributed by atoms with Crippen molar-refractivity contribution in [3.63, 3.8) is 0 Å². The number of carbonyl (C=O) groups is 1. The topological polar surface area (TPSA) is 96.5 Å². The molecule has 0 saturated carbocycles. The van der Waals surface area contributed by atoms with E-state index in [4.69, 9.17) is 5.26 Å². The fraction of sp³-hybridized carbons (Fsp3) is 0.182. The fourth-order valence-electron chi connectivity index (χ4n) is 1.36. The molecule has 0 bridgehead atoms. The number of hydrogen-bond acceptors (Lipinski definition) is 5. The van der Waals surface area contributed by atoms with Crippen LogP contribution in [-0.2, 0) is 6.54 Å². The highest BCUT2D eigenvalue weighted by atomic mass is 19.1. The van der Waals surface area contributed by atoms with Crippen molar-refractivity contribution in [1.82, 2.24) is 20.2 Å². The summed E-state index contributed by atoms with van der Waals surface area (Å²) in [6.07, 6.45) is 0. The van der Waals surface area contributed by atoms with Crippen molar-refractivity contribution < 1.29 is 9.18 Å². The number of rotatable bonds is 3. The Morgan fingerprint density at radius 3 is 2.95 bits per heavy atom. The van der Waals surface area contributed by atoms with E-state index in [0.29, 0.717) is 6.54 Å². The molecule has 0 aliphatic carbocycles. The van der Waals surface area contributed by atoms with Crippen LogP contribution in [0, 0.1) is 17.1 Å². The Balaban J connectivity index is 2.18. The van der Waals surface area contributed by atoms with Crippen molar-refractivity contribution in [3.05, 3.63) is 35.1 Å². The highest BCUT2D eigenvalue weighted by molar-refractivity contribution is 6.03. The number of aromatic nitrogens is 4. The van der Waals surface area contributed by atoms with Crippen LogP contribution in [-0.4, -0.2) is 26.1 Å². The minimum Gasteiger partial charge on any atom is -0.288 e. The van der Waals surface area contributed by atoms with E-state index in [2.05, 4.69) is 20.7 Å². The van der Waals surface area contributed by atoms with Gasteiger partial charge in [-0.15, -0.1) is 5.10 Å². The zero-order valence-corrected chi connectivity index (χ0v) is 9.96. The highest BCUT2D eigenvalue weighted by Crippen LogP contribution is 2.11. The molecule has 0 aliphatic rings. The first-order valence-corrected chi connectivity index (χ1v) is 5.43. The van der Waals surface area contributed by atoms with Crippen molar-refractivity contribution in [3.8, 4) is 6.07 Å². The van der Waals surface area contributed by atoms with Gasteiger partial charge in [0, 0.05) is 0 Å². The summed E-state index contributed by atoms with van der Waals surface area (Å²) in [7, 11) is 0. The summed E-state index contributed by atoms with van der Waals surface area (Å²) in [5, 5.41) is 22.0. The molecular weight excluding hydrogens is 251 g/mol. The third-order valence-corrected chi connectivity index (χ3v) is 2.30. The Hall–Kier alpha value is -2.82. The van der Waals surface area contributed by atoms with Gasteiger partial charge in [-0.2, -0.15) is 10.1 Å². The number of carbonyl (C=O) groups excluding carboxylic acids is 1. The normalized spacial score (nSPS) is 9.95. The molecule has 1 N–H and O–H groups in total. The van der Waals surface area contributed by atoms with Gasteiger partial charge in [0.25, 0.3) is 11.9 Å². The molecular formula is C11H9FN6O. The predicted molar refractivity (Wildman–Crippen MR) is 62.6 cm³/mol. The van der Waals surface area contributed by atoms with Crippen LogP contribution in [0.3, 0.4) is 0 Å². The van der Waals surface area contributed by atoms with Gasteiger partial charge in [-0.05, 0) is 30.3 Å². The van der Waals surface area contributed by atoms with Crippen LogP contribution < -0.4 is 5.32 Å². The Kier molecular flexibility index (Phi) is 3.47. The molecule has 1 amide bonds. The third kappa shape index (κ3) is 2.71. The van der Waals surface area contributed by atoms with Crippen LogP contribution in [0.5, 0.6) is 0 Å². The summed E-state index contributed by atoms with van der Waals surface area (Å²) in [6, 6.07) is 5.36. The maximum absolute atomic E-state index is 13.6. The number of tetrazole rings is 1. The molecule has 0 saturated heterocycles. The highest BCUT2D eigenvalue weighted by Gasteiger charge is 2.14. The van der Waals surface area contributed by atoms with Crippen molar-refractivity contribution >= 4 is 11.9 Å². The second-order valence-corrected chi connectivity index (χ2v) is 3.56. The van der Waals surface area contributed by atoms with Crippen LogP contribution in [0.25, 0.3) is 0 Å². The molecule has 0 aliphatic heterocycles. The molecule has 8 heteroatoms. The number of hydrogen-bond donors (Lipinski definition) is 1. The van der Waals surface area contributed by atoms with Gasteiger partial charge in [0.05, 0.1) is 23.7 Å². The maximum Gasteiger partial charge on any atom is 0.270 e. The standard InChI is InChI=1S/C11H9FN6O/c1-2-18-16-11(15-17-18)14-10(19)8-4-3-7(6-13)5-9(8)12/h3-5H,2H2,1H3,(H,14,16,19). The third-order valence-electron chi connectivity index (χ3n) is 2.30. The average Bonchev–Trinajstić information content (AvgIpc) is 2.86. The zero-order chi connectivity index (χ0) is 13.8. The molecule has 2 aromatic rings. The van der Waals surface area contributed by atoms with E-state index >= 15 is 0 Å². The summed E-state index contributed by atoms with van der Waals surface area (Å²) in [5.74, 6) is -1.48. The number of nitriles is 1. The minimum atomic E-state index is -0.778. The molecule has 1 aromatic carbocycles. The minimum absolute atomic E-state index is 0.00407. The van der Waals surface area contributed by atoms with Crippen molar-refractivity contribution in [2.24, 2.45) is 0 Å². The quantitative estimate of drug-likeness (QED) is 0.886. The van der Waals surface area contributed by atoms with Gasteiger partial charge < -0.3 is 0 Å². The first-order valence-electron chi connectivity index (χ1n) is 5.43. The second kappa shape index (κ2) is 5.22. The van der Waals surface area contributed by atoms with Gasteiger partial charge in [0.1, 0.15) is 5.82 Å². The molecule has 1 aromatic heterocycles. The SMILES string of the molecule is CCn1nnc(NC(=O)c2ccc(C#N)cc2F)n1. The number of benzene rings is 1. The molecule has 0 radical (unpaired) electrons. The molecule has 0 atom stereocenters. The molecule has 96 valence electrons. The molecule has 0 fully saturated rings. The van der Waals surface area contributed by atoms with Gasteiger partial charge in [-0.25, -0.2) is 4.39 Å². The lowest BCUT2D eigenvalue weighted by atomic mass is 10.1. The number of nitrogens with zero attached hydrogens (tertiary/aromatic N) is 5. The Morgan fingerprint density at radius 2 is 2.37 bits per heavy atom. The van der Waals surface area contributed by atoms with Crippen molar-refractivity contribution in [2.75, 3.05) is 5.32 Å². The fourth-order valence-corrected chi connectivity index (χ4v) is 1.36. The molecule has 19 heavy (non-hydrogen) atoms. The molecule has 1 heterocycles. The number of aryl methyl sites for hydroxylation is 1. The largest absolute Gasteiger partial charge is 0.288 e. The van der Waals surface area contributed by atoms with Gasteiger partial charge >= 0.3 is 0 Å². The Morgan fingerprint density at radius 1 is 1.58 bits per heavy atom. The zero-order valence-electron chi connectivity index (χ0n) is 9.96. The molecule has 2 rings (SSSR count). The van der Waals surface area contributed by atoms with Gasteiger partial charge in [0.2, 0.25) is 0 Å². The number of nitrogens with one attached hydrogen (secondary N) is 1. The smallest absolute Gasteiger partial charge is 0.270 e. The van der Waals surface area contributed by atoms with Crippen molar-refractivity contribution in [2.45, 2.75) is 13.5 Å². The van der Waals surface area contributed by atoms with E-state index < -0.39 is 11.7 Å². The van der Waals surface area contributed by atoms with E-state index in [-0.39, 0.29) is 17.1 Å². The van der Waals surface area contributed by atoms with E-state index in [0.717, 1.165) is 6.07 Å². The van der Waals surface area contributed by atoms with E-state index in [1.54, 1.807) is 6.07 Å². The van der Waals surface area contributed by atoms with Crippen LogP contribution in [0.1, 0.15) is 22.8 Å². The van der Waals surface area contributed by atoms with E-state index in [1.807, 2.05) is 6.92 Å². The lowest BCUT2D eigenvalue weighted by Gasteiger charge is -2.02. The molecule has 7 nitrogen and oxygen atoms in total. The number of halogens is 1. The predicted octanol–water partition coefficient (Wildman–Crippen LogP) is 0.956. The summed E-state index contributed by atoms with van der Waals surface area (Å²) in [5.41, 5.74) is -0.0454. The van der Waals surface area contributed by atoms with E-state index in [9.17, 15) is 9.18 Å². The maximum atomic E-state index is 13.6. The Labute approximate surface area is 107 Å². The lowest BCUT2D eigenvalue weighted by molar-refractivity contribution is 0.102. The number of amides is 1. The average molecular weight is 260 g/mol. The first-order chi connectivity index (χ1) is 9.13. The van der Waals surface area contributed by atoms with Crippen LogP contribution in [0.4, 0.5) is 10.3 Å². The molecule has 0 spiro atoms. The first kappa shape index (κ1) is 12.6. The van der Waals surface area contributed by atoms with E-state index in [1.165, 1.54) is 16.9 Å². The Bertz CT molecular complexity index is 659. The van der Waals surface area contributed by atoms with Gasteiger partial charge in [0.15, 0.2) is 0 Å². The number of anilines is 1. The van der Waals surface area contributed by atoms with Crippen LogP contribution in [0.15, 0.2) is 18.2 Å². The van der Waals surface area contributed by atoms with Crippen LogP contribution >= 0.6 is 0 Å². The summed E-state index contributed by atoms with van der Waals surface area (Å²) in [4.78, 5) is 13.1. The summed E-state index contributed by atoms with van der Waals surface area (Å²) in [6.45, 7) is 2.32. The van der Waals surface area contributed by atoms with Crippen molar-refractivity contribution in [1.29, 1.82) is 5.26 Å². The second-order valence-electron chi connectivity index (χ2n) is 3.56. The summed E-state index contributed by atoms with van der Waals surface area (Å²) < 4.78 is 13.6. The lowest BCUT2D eigenvalue weighted by Crippen LogP contribution is -2.15. The van der Waals surface area contributed by atoms with Gasteiger partial charge in [-0.3, -0.25) is 10.1 Å². The summed E-state index contributed by atoms with van der Waals surface area (Å²) >= 11 is 0.